The minimum atomic E-state index is -5.16. The van der Waals surface area contributed by atoms with Crippen molar-refractivity contribution in [2.24, 2.45) is 0 Å². The van der Waals surface area contributed by atoms with Crippen LogP contribution in [0.1, 0.15) is 34.4 Å². The molecule has 0 fully saturated rings. The quantitative estimate of drug-likeness (QED) is 0.449. The number of carbonyl (C=O) groups is 2. The van der Waals surface area contributed by atoms with E-state index in [9.17, 15) is 33.1 Å². The lowest BCUT2D eigenvalue weighted by atomic mass is 9.90. The number of hydrogen-bond acceptors (Lipinski definition) is 5. The molecule has 0 aliphatic heterocycles. The predicted molar refractivity (Wildman–Crippen MR) is 125 cm³/mol. The average Bonchev–Trinajstić information content (AvgIpc) is 3.06. The first kappa shape index (κ1) is 26.5. The van der Waals surface area contributed by atoms with Gasteiger partial charge in [-0.25, -0.2) is 0 Å². The molecule has 0 saturated carbocycles. The number of amides is 1. The number of aliphatic hydroxyl groups is 1. The molecule has 0 radical (unpaired) electrons. The van der Waals surface area contributed by atoms with Crippen LogP contribution in [0.5, 0.6) is 0 Å². The van der Waals surface area contributed by atoms with Gasteiger partial charge in [-0.15, -0.1) is 0 Å². The van der Waals surface area contributed by atoms with E-state index in [2.05, 4.69) is 5.32 Å². The molecule has 1 amide bonds. The molecule has 1 heterocycles. The van der Waals surface area contributed by atoms with E-state index in [1.807, 2.05) is 36.4 Å². The van der Waals surface area contributed by atoms with Gasteiger partial charge in [-0.2, -0.15) is 18.4 Å². The summed E-state index contributed by atoms with van der Waals surface area (Å²) in [4.78, 5) is 24.8. The highest BCUT2D eigenvalue weighted by Crippen LogP contribution is 2.41. The molecule has 3 rings (SSSR count). The zero-order valence-corrected chi connectivity index (χ0v) is 19.6. The number of nitrogens with one attached hydrogen (secondary N) is 1. The second-order valence-electron chi connectivity index (χ2n) is 8.23. The Labute approximate surface area is 205 Å². The maximum atomic E-state index is 13.6. The number of halogens is 3. The Balaban J connectivity index is 1.73. The van der Waals surface area contributed by atoms with Gasteiger partial charge < -0.3 is 19.7 Å². The van der Waals surface area contributed by atoms with E-state index in [4.69, 9.17) is 4.74 Å². The van der Waals surface area contributed by atoms with Crippen LogP contribution < -0.4 is 5.32 Å². The van der Waals surface area contributed by atoms with Gasteiger partial charge >= 0.3 is 12.1 Å². The fourth-order valence-electron chi connectivity index (χ4n) is 3.75. The molecule has 0 aliphatic rings. The Morgan fingerprint density at radius 1 is 1.06 bits per heavy atom. The number of ether oxygens (including phenoxy) is 1. The Bertz CT molecular complexity index is 1280. The van der Waals surface area contributed by atoms with Crippen LogP contribution >= 0.6 is 0 Å². The van der Waals surface area contributed by atoms with Crippen molar-refractivity contribution in [1.29, 1.82) is 5.26 Å². The second-order valence-corrected chi connectivity index (χ2v) is 8.23. The molecule has 10 heteroatoms. The number of aromatic nitrogens is 1. The van der Waals surface area contributed by atoms with E-state index in [1.165, 1.54) is 18.2 Å². The summed E-state index contributed by atoms with van der Waals surface area (Å²) in [6.45, 7) is 2.96. The predicted octanol–water partition coefficient (Wildman–Crippen LogP) is 4.35. The minimum absolute atomic E-state index is 0.188. The van der Waals surface area contributed by atoms with Crippen molar-refractivity contribution in [1.82, 2.24) is 4.57 Å². The van der Waals surface area contributed by atoms with Gasteiger partial charge in [0.25, 0.3) is 5.91 Å². The highest BCUT2D eigenvalue weighted by molar-refractivity contribution is 5.93. The summed E-state index contributed by atoms with van der Waals surface area (Å²) in [6, 6.07) is 17.5. The van der Waals surface area contributed by atoms with E-state index in [1.54, 1.807) is 18.4 Å². The van der Waals surface area contributed by atoms with E-state index in [-0.39, 0.29) is 11.4 Å². The Morgan fingerprint density at radius 2 is 1.64 bits per heavy atom. The summed E-state index contributed by atoms with van der Waals surface area (Å²) in [5, 5.41) is 22.4. The molecule has 0 bridgehead atoms. The molecule has 36 heavy (non-hydrogen) atoms. The fraction of sp³-hybridized carbons (Fsp3) is 0.269. The summed E-state index contributed by atoms with van der Waals surface area (Å²) in [7, 11) is 0. The number of alkyl halides is 3. The van der Waals surface area contributed by atoms with Gasteiger partial charge in [0.15, 0.2) is 12.2 Å². The number of esters is 1. The maximum absolute atomic E-state index is 13.6. The van der Waals surface area contributed by atoms with Crippen LogP contribution in [0.15, 0.2) is 60.7 Å². The van der Waals surface area contributed by atoms with Crippen LogP contribution in [0.3, 0.4) is 0 Å². The molecular weight excluding hydrogens is 475 g/mol. The third-order valence-electron chi connectivity index (χ3n) is 5.87. The minimum Gasteiger partial charge on any atom is -0.455 e. The Morgan fingerprint density at radius 3 is 2.19 bits per heavy atom. The molecule has 0 aliphatic carbocycles. The van der Waals surface area contributed by atoms with Crippen molar-refractivity contribution in [3.8, 4) is 6.07 Å². The molecule has 2 aromatic carbocycles. The normalized spacial score (nSPS) is 12.9. The first-order chi connectivity index (χ1) is 17.0. The van der Waals surface area contributed by atoms with Crippen LogP contribution in [0.2, 0.25) is 0 Å². The maximum Gasteiger partial charge on any atom is 0.422 e. The van der Waals surface area contributed by atoms with Gasteiger partial charge in [0.05, 0.1) is 12.0 Å². The van der Waals surface area contributed by atoms with E-state index >= 15 is 0 Å². The lowest BCUT2D eigenvalue weighted by Crippen LogP contribution is -2.44. The van der Waals surface area contributed by atoms with Crippen LogP contribution in [-0.2, 0) is 26.5 Å². The Hall–Kier alpha value is -4.10. The molecule has 3 aromatic rings. The average molecular weight is 499 g/mol. The van der Waals surface area contributed by atoms with Crippen LogP contribution in [0.4, 0.5) is 19.0 Å². The molecular formula is C26H24F3N3O4. The molecule has 0 spiro atoms. The fourth-order valence-corrected chi connectivity index (χ4v) is 3.75. The van der Waals surface area contributed by atoms with Gasteiger partial charge in [0.1, 0.15) is 11.9 Å². The van der Waals surface area contributed by atoms with Crippen LogP contribution in [-0.4, -0.2) is 34.3 Å². The zero-order valence-electron chi connectivity index (χ0n) is 19.6. The molecule has 2 N–H and O–H groups in total. The third kappa shape index (κ3) is 5.58. The Kier molecular flexibility index (Phi) is 7.85. The van der Waals surface area contributed by atoms with Crippen molar-refractivity contribution in [2.45, 2.75) is 38.6 Å². The smallest absolute Gasteiger partial charge is 0.422 e. The number of nitriles is 1. The molecule has 1 aromatic heterocycles. The van der Waals surface area contributed by atoms with Crippen molar-refractivity contribution >= 4 is 17.7 Å². The lowest BCUT2D eigenvalue weighted by molar-refractivity contribution is -0.269. The summed E-state index contributed by atoms with van der Waals surface area (Å²) >= 11 is 0. The van der Waals surface area contributed by atoms with Crippen molar-refractivity contribution < 1.29 is 32.6 Å². The van der Waals surface area contributed by atoms with Crippen LogP contribution in [0, 0.1) is 25.2 Å². The summed E-state index contributed by atoms with van der Waals surface area (Å²) < 4.78 is 47.3. The number of benzene rings is 2. The first-order valence-corrected chi connectivity index (χ1v) is 10.9. The van der Waals surface area contributed by atoms with E-state index < -0.39 is 42.2 Å². The lowest BCUT2D eigenvalue weighted by Gasteiger charge is -2.30. The van der Waals surface area contributed by atoms with Crippen molar-refractivity contribution in [3.05, 3.63) is 88.6 Å². The molecule has 0 saturated heterocycles. The zero-order chi connectivity index (χ0) is 26.5. The summed E-state index contributed by atoms with van der Waals surface area (Å²) in [6.07, 6.45) is -6.59. The number of anilines is 1. The number of rotatable bonds is 8. The van der Waals surface area contributed by atoms with Gasteiger partial charge in [0.2, 0.25) is 0 Å². The van der Waals surface area contributed by atoms with Crippen LogP contribution in [0.25, 0.3) is 0 Å². The van der Waals surface area contributed by atoms with E-state index in [0.29, 0.717) is 12.1 Å². The first-order valence-electron chi connectivity index (χ1n) is 10.9. The van der Waals surface area contributed by atoms with Crippen molar-refractivity contribution in [2.75, 3.05) is 11.9 Å². The molecule has 1 atom stereocenters. The number of carbonyl (C=O) groups excluding carboxylic acids is 2. The highest BCUT2D eigenvalue weighted by Gasteiger charge is 2.56. The van der Waals surface area contributed by atoms with Gasteiger partial charge in [-0.1, -0.05) is 60.7 Å². The second kappa shape index (κ2) is 10.7. The summed E-state index contributed by atoms with van der Waals surface area (Å²) in [5.74, 6) is -2.07. The summed E-state index contributed by atoms with van der Waals surface area (Å²) in [5.41, 5.74) is -1.48. The largest absolute Gasteiger partial charge is 0.455 e. The van der Waals surface area contributed by atoms with Gasteiger partial charge in [-0.3, -0.25) is 9.59 Å². The topological polar surface area (TPSA) is 104 Å². The van der Waals surface area contributed by atoms with Gasteiger partial charge in [0, 0.05) is 12.2 Å². The molecule has 188 valence electrons. The third-order valence-corrected chi connectivity index (χ3v) is 5.87. The van der Waals surface area contributed by atoms with Crippen molar-refractivity contribution in [3.63, 3.8) is 0 Å². The molecule has 0 unspecified atom stereocenters. The van der Waals surface area contributed by atoms with E-state index in [0.717, 1.165) is 23.4 Å². The monoisotopic (exact) mass is 499 g/mol. The number of hydrogen-bond donors (Lipinski definition) is 2. The molecule has 7 nitrogen and oxygen atoms in total. The highest BCUT2D eigenvalue weighted by atomic mass is 19.4. The standard InChI is InChI=1S/C26H24F3N3O4/c1-17-18(2)32(15-19-9-5-3-6-10-19)24(21(17)14-30)31-22(33)16-36-23(34)13-25(35,26(27,28)29)20-11-7-4-8-12-20/h3-12,35H,13,15-16H2,1-2H3,(H,31,33)/t25-/m0/s1. The van der Waals surface area contributed by atoms with Gasteiger partial charge in [-0.05, 0) is 30.5 Å². The SMILES string of the molecule is Cc1c(C#N)c(NC(=O)COC(=O)C[C@](O)(c2ccccc2)C(F)(F)F)n(Cc2ccccc2)c1C. The number of nitrogens with zero attached hydrogens (tertiary/aromatic N) is 2.